The molecule has 4 nitrogen and oxygen atoms in total. The van der Waals surface area contributed by atoms with Gasteiger partial charge in [0.15, 0.2) is 6.10 Å². The smallest absolute Gasteiger partial charge is 0.317 e. The first-order valence-corrected chi connectivity index (χ1v) is 9.05. The minimum atomic E-state index is -1.23. The second kappa shape index (κ2) is 8.04. The van der Waals surface area contributed by atoms with Crippen LogP contribution in [0.15, 0.2) is 42.5 Å². The Hall–Kier alpha value is -2.83. The lowest BCUT2D eigenvalue weighted by Gasteiger charge is -2.29. The summed E-state index contributed by atoms with van der Waals surface area (Å²) >= 11 is 0. The van der Waals surface area contributed by atoms with Crippen LogP contribution in [0.3, 0.4) is 0 Å². The van der Waals surface area contributed by atoms with Gasteiger partial charge in [0.05, 0.1) is 11.1 Å². The number of ether oxygens (including phenoxy) is 1. The normalized spacial score (nSPS) is 16.4. The summed E-state index contributed by atoms with van der Waals surface area (Å²) in [7, 11) is 0. The lowest BCUT2D eigenvalue weighted by atomic mass is 9.78. The summed E-state index contributed by atoms with van der Waals surface area (Å²) in [6.45, 7) is 1.35. The van der Waals surface area contributed by atoms with E-state index in [9.17, 15) is 22.8 Å². The molecule has 148 valence electrons. The number of esters is 1. The first kappa shape index (κ1) is 19.9. The third-order valence-corrected chi connectivity index (χ3v) is 5.08. The Morgan fingerprint density at radius 1 is 1.04 bits per heavy atom. The van der Waals surface area contributed by atoms with Gasteiger partial charge < -0.3 is 10.1 Å². The number of benzene rings is 2. The summed E-state index contributed by atoms with van der Waals surface area (Å²) in [6.07, 6.45) is 1.10. The van der Waals surface area contributed by atoms with Crippen molar-refractivity contribution in [2.45, 2.75) is 44.1 Å². The predicted molar refractivity (Wildman–Crippen MR) is 97.1 cm³/mol. The molecule has 0 unspecified atom stereocenters. The largest absolute Gasteiger partial charge is 0.452 e. The highest BCUT2D eigenvalue weighted by Gasteiger charge is 2.46. The second-order valence-electron chi connectivity index (χ2n) is 6.93. The predicted octanol–water partition coefficient (Wildman–Crippen LogP) is 4.49. The van der Waals surface area contributed by atoms with Crippen molar-refractivity contribution >= 4 is 17.6 Å². The van der Waals surface area contributed by atoms with Crippen LogP contribution in [0.2, 0.25) is 0 Å². The number of halogens is 3. The van der Waals surface area contributed by atoms with Crippen LogP contribution in [-0.2, 0) is 19.7 Å². The molecule has 0 bridgehead atoms. The van der Waals surface area contributed by atoms with Gasteiger partial charge in [-0.05, 0) is 38.0 Å². The lowest BCUT2D eigenvalue weighted by molar-refractivity contribution is -0.159. The van der Waals surface area contributed by atoms with Gasteiger partial charge in [-0.3, -0.25) is 9.59 Å². The maximum atomic E-state index is 14.3. The van der Waals surface area contributed by atoms with E-state index in [0.29, 0.717) is 18.9 Å². The van der Waals surface area contributed by atoms with Crippen LogP contribution in [0, 0.1) is 17.5 Å². The Balaban J connectivity index is 1.75. The topological polar surface area (TPSA) is 55.4 Å². The molecule has 1 atom stereocenters. The molecule has 1 N–H and O–H groups in total. The fourth-order valence-electron chi connectivity index (χ4n) is 3.56. The third kappa shape index (κ3) is 3.88. The van der Waals surface area contributed by atoms with Crippen molar-refractivity contribution in [3.8, 4) is 0 Å². The molecule has 28 heavy (non-hydrogen) atoms. The number of carbonyl (C=O) groups is 2. The van der Waals surface area contributed by atoms with Gasteiger partial charge in [-0.25, -0.2) is 13.2 Å². The van der Waals surface area contributed by atoms with Crippen molar-refractivity contribution in [1.29, 1.82) is 0 Å². The Morgan fingerprint density at radius 3 is 2.36 bits per heavy atom. The lowest BCUT2D eigenvalue weighted by Crippen LogP contribution is -2.40. The van der Waals surface area contributed by atoms with E-state index >= 15 is 0 Å². The van der Waals surface area contributed by atoms with Crippen molar-refractivity contribution in [2.75, 3.05) is 5.32 Å². The van der Waals surface area contributed by atoms with Gasteiger partial charge >= 0.3 is 5.97 Å². The zero-order valence-electron chi connectivity index (χ0n) is 15.3. The van der Waals surface area contributed by atoms with Crippen molar-refractivity contribution in [3.63, 3.8) is 0 Å². The summed E-state index contributed by atoms with van der Waals surface area (Å²) in [5.74, 6) is -3.65. The molecule has 0 heterocycles. The van der Waals surface area contributed by atoms with E-state index < -0.39 is 40.8 Å². The maximum Gasteiger partial charge on any atom is 0.317 e. The van der Waals surface area contributed by atoms with Gasteiger partial charge in [-0.15, -0.1) is 0 Å². The molecule has 1 saturated carbocycles. The molecule has 1 amide bonds. The maximum absolute atomic E-state index is 14.3. The number of amides is 1. The molecule has 3 rings (SSSR count). The average molecular weight is 391 g/mol. The van der Waals surface area contributed by atoms with Gasteiger partial charge in [-0.2, -0.15) is 0 Å². The molecule has 0 aliphatic heterocycles. The summed E-state index contributed by atoms with van der Waals surface area (Å²) in [5, 5.41) is 2.26. The average Bonchev–Trinajstić information content (AvgIpc) is 3.15. The van der Waals surface area contributed by atoms with Gasteiger partial charge in [-0.1, -0.05) is 31.0 Å². The van der Waals surface area contributed by atoms with E-state index in [1.807, 2.05) is 0 Å². The van der Waals surface area contributed by atoms with Gasteiger partial charge in [0, 0.05) is 11.6 Å². The van der Waals surface area contributed by atoms with Crippen molar-refractivity contribution in [1.82, 2.24) is 0 Å². The number of hydrogen-bond donors (Lipinski definition) is 1. The van der Waals surface area contributed by atoms with Gasteiger partial charge in [0.2, 0.25) is 0 Å². The highest BCUT2D eigenvalue weighted by Crippen LogP contribution is 2.43. The molecule has 1 fully saturated rings. The van der Waals surface area contributed by atoms with Crippen LogP contribution < -0.4 is 5.32 Å². The van der Waals surface area contributed by atoms with Crippen molar-refractivity contribution < 1.29 is 27.5 Å². The summed E-state index contributed by atoms with van der Waals surface area (Å²) < 4.78 is 46.4. The molecule has 1 aliphatic rings. The van der Waals surface area contributed by atoms with Crippen LogP contribution in [0.25, 0.3) is 0 Å². The minimum Gasteiger partial charge on any atom is -0.452 e. The van der Waals surface area contributed by atoms with Crippen molar-refractivity contribution in [3.05, 3.63) is 65.5 Å². The van der Waals surface area contributed by atoms with Crippen LogP contribution >= 0.6 is 0 Å². The Morgan fingerprint density at radius 2 is 1.71 bits per heavy atom. The summed E-state index contributed by atoms with van der Waals surface area (Å²) in [4.78, 5) is 25.2. The third-order valence-electron chi connectivity index (χ3n) is 5.08. The highest BCUT2D eigenvalue weighted by molar-refractivity contribution is 5.96. The van der Waals surface area contributed by atoms with E-state index in [1.54, 1.807) is 18.2 Å². The fraction of sp³-hybridized carbons (Fsp3) is 0.333. The quantitative estimate of drug-likeness (QED) is 0.765. The molecule has 1 aliphatic carbocycles. The summed E-state index contributed by atoms with van der Waals surface area (Å²) in [6, 6.07) is 8.75. The molecule has 0 radical (unpaired) electrons. The monoisotopic (exact) mass is 391 g/mol. The van der Waals surface area contributed by atoms with E-state index in [-0.39, 0.29) is 11.3 Å². The Kier molecular flexibility index (Phi) is 5.72. The van der Waals surface area contributed by atoms with E-state index in [0.717, 1.165) is 25.0 Å². The molecule has 0 aromatic heterocycles. The first-order chi connectivity index (χ1) is 13.3. The van der Waals surface area contributed by atoms with Crippen LogP contribution in [0.1, 0.15) is 38.2 Å². The zero-order valence-corrected chi connectivity index (χ0v) is 15.3. The molecule has 2 aromatic carbocycles. The SMILES string of the molecule is C[C@@H](OC(=O)C1(c2ccccc2F)CCCC1)C(=O)Nc1ccc(F)cc1F. The zero-order chi connectivity index (χ0) is 20.3. The summed E-state index contributed by atoms with van der Waals surface area (Å²) in [5.41, 5.74) is -1.10. The van der Waals surface area contributed by atoms with E-state index in [4.69, 9.17) is 4.74 Å². The molecule has 2 aromatic rings. The highest BCUT2D eigenvalue weighted by atomic mass is 19.1. The molecule has 0 spiro atoms. The number of nitrogens with one attached hydrogen (secondary N) is 1. The standard InChI is InChI=1S/C21H20F3NO3/c1-13(19(26)25-18-9-8-14(22)12-17(18)24)28-20(27)21(10-4-5-11-21)15-6-2-3-7-16(15)23/h2-3,6-9,12-13H,4-5,10-11H2,1H3,(H,25,26)/t13-/m1/s1. The molecule has 0 saturated heterocycles. The Bertz CT molecular complexity index is 894. The molecular weight excluding hydrogens is 371 g/mol. The first-order valence-electron chi connectivity index (χ1n) is 9.05. The fourth-order valence-corrected chi connectivity index (χ4v) is 3.56. The van der Waals surface area contributed by atoms with Gasteiger partial charge in [0.1, 0.15) is 17.5 Å². The van der Waals surface area contributed by atoms with Crippen molar-refractivity contribution in [2.24, 2.45) is 0 Å². The van der Waals surface area contributed by atoms with E-state index in [1.165, 1.54) is 13.0 Å². The minimum absolute atomic E-state index is 0.223. The second-order valence-corrected chi connectivity index (χ2v) is 6.93. The Labute approximate surface area is 160 Å². The molecular formula is C21H20F3NO3. The number of carbonyl (C=O) groups excluding carboxylic acids is 2. The number of rotatable bonds is 5. The van der Waals surface area contributed by atoms with Crippen LogP contribution in [0.4, 0.5) is 18.9 Å². The number of anilines is 1. The van der Waals surface area contributed by atoms with Crippen LogP contribution in [-0.4, -0.2) is 18.0 Å². The van der Waals surface area contributed by atoms with Gasteiger partial charge in [0.25, 0.3) is 5.91 Å². The van der Waals surface area contributed by atoms with E-state index in [2.05, 4.69) is 5.32 Å². The molecule has 7 heteroatoms. The van der Waals surface area contributed by atoms with Crippen LogP contribution in [0.5, 0.6) is 0 Å². The number of hydrogen-bond acceptors (Lipinski definition) is 3.